The largest absolute Gasteiger partial charge is 0.465 e. The number of benzene rings is 2. The molecule has 0 fully saturated rings. The second-order valence-corrected chi connectivity index (χ2v) is 8.77. The maximum absolute atomic E-state index is 11.8. The van der Waals surface area contributed by atoms with Crippen LogP contribution in [0.5, 0.6) is 0 Å². The van der Waals surface area contributed by atoms with E-state index in [1.54, 1.807) is 12.1 Å². The molecule has 0 saturated carbocycles. The van der Waals surface area contributed by atoms with Gasteiger partial charge in [-0.1, -0.05) is 62.3 Å². The predicted molar refractivity (Wildman–Crippen MR) is 121 cm³/mol. The summed E-state index contributed by atoms with van der Waals surface area (Å²) in [6.45, 7) is 9.01. The van der Waals surface area contributed by atoms with Crippen LogP contribution in [0.3, 0.4) is 0 Å². The van der Waals surface area contributed by atoms with E-state index in [2.05, 4.69) is 48.1 Å². The molecule has 0 saturated heterocycles. The Labute approximate surface area is 187 Å². The van der Waals surface area contributed by atoms with Gasteiger partial charge in [-0.15, -0.1) is 0 Å². The molecule has 2 aromatic carbocycles. The fourth-order valence-electron chi connectivity index (χ4n) is 3.43. The van der Waals surface area contributed by atoms with Crippen LogP contribution >= 0.6 is 0 Å². The molecule has 0 N–H and O–H groups in total. The average Bonchev–Trinajstić information content (AvgIpc) is 3.40. The summed E-state index contributed by atoms with van der Waals surface area (Å²) in [7, 11) is 1.37. The summed E-state index contributed by atoms with van der Waals surface area (Å²) in [5.41, 5.74) is 5.22. The molecule has 0 atom stereocenters. The highest BCUT2D eigenvalue weighted by Gasteiger charge is 2.17. The zero-order valence-electron chi connectivity index (χ0n) is 18.9. The number of carbonyl (C=O) groups is 1. The molecule has 2 aromatic heterocycles. The Balaban J connectivity index is 1.55. The number of carbonyl (C=O) groups excluding carboxylic acids is 1. The van der Waals surface area contributed by atoms with Crippen LogP contribution in [0, 0.1) is 6.92 Å². The molecule has 4 aromatic rings. The Hall–Kier alpha value is -3.74. The van der Waals surface area contributed by atoms with Crippen molar-refractivity contribution in [3.05, 3.63) is 77.0 Å². The third-order valence-corrected chi connectivity index (χ3v) is 5.32. The first-order chi connectivity index (χ1) is 15.2. The minimum atomic E-state index is -0.362. The standard InChI is InChI=1S/C25H26N4O3/c1-16-13-21(27-29(16)15-17-7-6-8-19(14-17)24(30)31-5)23-26-22(28-32-23)18-9-11-20(12-10-18)25(2,3)4/h6-14H,15H2,1-5H3. The Morgan fingerprint density at radius 2 is 1.84 bits per heavy atom. The van der Waals surface area contributed by atoms with Gasteiger partial charge in [-0.25, -0.2) is 4.79 Å². The highest BCUT2D eigenvalue weighted by Crippen LogP contribution is 2.26. The van der Waals surface area contributed by atoms with E-state index in [9.17, 15) is 4.79 Å². The molecule has 0 unspecified atom stereocenters. The number of hydrogen-bond donors (Lipinski definition) is 0. The minimum Gasteiger partial charge on any atom is -0.465 e. The van der Waals surface area contributed by atoms with E-state index in [1.165, 1.54) is 12.7 Å². The van der Waals surface area contributed by atoms with E-state index in [0.717, 1.165) is 16.8 Å². The van der Waals surface area contributed by atoms with Gasteiger partial charge in [-0.2, -0.15) is 10.1 Å². The third kappa shape index (κ3) is 4.46. The van der Waals surface area contributed by atoms with Crippen LogP contribution in [-0.2, 0) is 16.7 Å². The van der Waals surface area contributed by atoms with E-state index >= 15 is 0 Å². The number of methoxy groups -OCH3 is 1. The van der Waals surface area contributed by atoms with Gasteiger partial charge in [0.15, 0.2) is 5.69 Å². The van der Waals surface area contributed by atoms with Gasteiger partial charge in [0.25, 0.3) is 5.89 Å². The van der Waals surface area contributed by atoms with Crippen LogP contribution in [0.4, 0.5) is 0 Å². The maximum atomic E-state index is 11.8. The van der Waals surface area contributed by atoms with Crippen molar-refractivity contribution >= 4 is 5.97 Å². The zero-order valence-corrected chi connectivity index (χ0v) is 18.9. The van der Waals surface area contributed by atoms with Gasteiger partial charge in [-0.05, 0) is 41.7 Å². The number of hydrogen-bond acceptors (Lipinski definition) is 6. The van der Waals surface area contributed by atoms with Crippen LogP contribution in [-0.4, -0.2) is 33.0 Å². The third-order valence-electron chi connectivity index (χ3n) is 5.32. The van der Waals surface area contributed by atoms with E-state index in [-0.39, 0.29) is 11.4 Å². The molecule has 32 heavy (non-hydrogen) atoms. The number of aryl methyl sites for hydroxylation is 1. The quantitative estimate of drug-likeness (QED) is 0.413. The van der Waals surface area contributed by atoms with E-state index in [4.69, 9.17) is 9.26 Å². The fraction of sp³-hybridized carbons (Fsp3) is 0.280. The molecule has 4 rings (SSSR count). The number of aromatic nitrogens is 4. The second kappa shape index (κ2) is 8.42. The molecule has 2 heterocycles. The monoisotopic (exact) mass is 430 g/mol. The van der Waals surface area contributed by atoms with Crippen molar-refractivity contribution in [2.75, 3.05) is 7.11 Å². The minimum absolute atomic E-state index is 0.0850. The molecular formula is C25H26N4O3. The van der Waals surface area contributed by atoms with Gasteiger partial charge in [-0.3, -0.25) is 4.68 Å². The molecule has 0 amide bonds. The summed E-state index contributed by atoms with van der Waals surface area (Å²) in [5, 5.41) is 8.76. The van der Waals surface area contributed by atoms with Gasteiger partial charge in [0.05, 0.1) is 19.2 Å². The Kier molecular flexibility index (Phi) is 5.65. The van der Waals surface area contributed by atoms with Crippen LogP contribution in [0.1, 0.15) is 48.0 Å². The van der Waals surface area contributed by atoms with Crippen molar-refractivity contribution < 1.29 is 14.1 Å². The van der Waals surface area contributed by atoms with E-state index < -0.39 is 0 Å². The van der Waals surface area contributed by atoms with Crippen molar-refractivity contribution in [2.45, 2.75) is 39.7 Å². The molecule has 7 nitrogen and oxygen atoms in total. The van der Waals surface area contributed by atoms with Crippen LogP contribution in [0.25, 0.3) is 23.0 Å². The summed E-state index contributed by atoms with van der Waals surface area (Å²) in [5.74, 6) is 0.530. The summed E-state index contributed by atoms with van der Waals surface area (Å²) in [6.07, 6.45) is 0. The van der Waals surface area contributed by atoms with Gasteiger partial charge in [0.1, 0.15) is 0 Å². The summed E-state index contributed by atoms with van der Waals surface area (Å²) < 4.78 is 12.1. The molecule has 0 radical (unpaired) electrons. The van der Waals surface area contributed by atoms with Gasteiger partial charge in [0.2, 0.25) is 5.82 Å². The first-order valence-corrected chi connectivity index (χ1v) is 10.4. The predicted octanol–water partition coefficient (Wildman–Crippen LogP) is 5.04. The molecule has 0 aliphatic carbocycles. The average molecular weight is 431 g/mol. The number of ether oxygens (including phenoxy) is 1. The van der Waals surface area contributed by atoms with E-state index in [1.807, 2.05) is 41.9 Å². The fourth-order valence-corrected chi connectivity index (χ4v) is 3.43. The molecule has 0 aliphatic heterocycles. The maximum Gasteiger partial charge on any atom is 0.337 e. The lowest BCUT2D eigenvalue weighted by molar-refractivity contribution is 0.0600. The van der Waals surface area contributed by atoms with Crippen LogP contribution in [0.2, 0.25) is 0 Å². The second-order valence-electron chi connectivity index (χ2n) is 8.77. The molecule has 7 heteroatoms. The Morgan fingerprint density at radius 1 is 1.09 bits per heavy atom. The lowest BCUT2D eigenvalue weighted by Crippen LogP contribution is -2.10. The SMILES string of the molecule is COC(=O)c1cccc(Cn2nc(-c3nc(-c4ccc(C(C)(C)C)cc4)no3)cc2C)c1. The molecule has 164 valence electrons. The van der Waals surface area contributed by atoms with Crippen molar-refractivity contribution in [3.63, 3.8) is 0 Å². The van der Waals surface area contributed by atoms with E-state index in [0.29, 0.717) is 29.5 Å². The smallest absolute Gasteiger partial charge is 0.337 e. The summed E-state index contributed by atoms with van der Waals surface area (Å²) in [6, 6.07) is 17.4. The molecule has 0 spiro atoms. The van der Waals surface area contributed by atoms with Crippen molar-refractivity contribution in [2.24, 2.45) is 0 Å². The van der Waals surface area contributed by atoms with Gasteiger partial charge < -0.3 is 9.26 Å². The first-order valence-electron chi connectivity index (χ1n) is 10.4. The lowest BCUT2D eigenvalue weighted by atomic mass is 9.87. The topological polar surface area (TPSA) is 83.0 Å². The van der Waals surface area contributed by atoms with Crippen LogP contribution < -0.4 is 0 Å². The first kappa shape index (κ1) is 21.5. The Bertz CT molecular complexity index is 1250. The number of nitrogens with zero attached hydrogens (tertiary/aromatic N) is 4. The highest BCUT2D eigenvalue weighted by atomic mass is 16.5. The van der Waals surface area contributed by atoms with Crippen LogP contribution in [0.15, 0.2) is 59.1 Å². The summed E-state index contributed by atoms with van der Waals surface area (Å²) >= 11 is 0. The van der Waals surface area contributed by atoms with Gasteiger partial charge in [0, 0.05) is 11.3 Å². The van der Waals surface area contributed by atoms with Crippen molar-refractivity contribution in [3.8, 4) is 23.0 Å². The normalized spacial score (nSPS) is 11.5. The number of esters is 1. The summed E-state index contributed by atoms with van der Waals surface area (Å²) in [4.78, 5) is 16.3. The highest BCUT2D eigenvalue weighted by molar-refractivity contribution is 5.89. The van der Waals surface area contributed by atoms with Crippen molar-refractivity contribution in [1.82, 2.24) is 19.9 Å². The molecule has 0 aliphatic rings. The molecular weight excluding hydrogens is 404 g/mol. The molecule has 0 bridgehead atoms. The Morgan fingerprint density at radius 3 is 2.53 bits per heavy atom. The zero-order chi connectivity index (χ0) is 22.9. The van der Waals surface area contributed by atoms with Gasteiger partial charge >= 0.3 is 5.97 Å². The lowest BCUT2D eigenvalue weighted by Gasteiger charge is -2.18. The number of rotatable bonds is 5. The van der Waals surface area contributed by atoms with Crippen molar-refractivity contribution in [1.29, 1.82) is 0 Å².